The molecule has 0 bridgehead atoms. The molecule has 1 unspecified atom stereocenters. The van der Waals surface area contributed by atoms with Gasteiger partial charge in [-0.3, -0.25) is 4.79 Å². The van der Waals surface area contributed by atoms with E-state index in [0.717, 1.165) is 26.7 Å². The van der Waals surface area contributed by atoms with E-state index in [2.05, 4.69) is 28.2 Å². The van der Waals surface area contributed by atoms with Gasteiger partial charge in [-0.15, -0.1) is 11.3 Å². The zero-order valence-corrected chi connectivity index (χ0v) is 12.9. The normalized spacial score (nSPS) is 14.4. The van der Waals surface area contributed by atoms with E-state index in [1.54, 1.807) is 0 Å². The highest BCUT2D eigenvalue weighted by Crippen LogP contribution is 2.26. The highest BCUT2D eigenvalue weighted by Gasteiger charge is 2.24. The number of hydrogen-bond donors (Lipinski definition) is 1. The molecule has 0 saturated heterocycles. The third-order valence-corrected chi connectivity index (χ3v) is 5.49. The first-order valence-electron chi connectivity index (χ1n) is 5.95. The van der Waals surface area contributed by atoms with Crippen molar-refractivity contribution < 1.29 is 4.79 Å². The Morgan fingerprint density at radius 1 is 1.44 bits per heavy atom. The number of alkyl halides is 1. The van der Waals surface area contributed by atoms with Crippen LogP contribution in [0, 0.1) is 0 Å². The Balaban J connectivity index is 2.23. The Morgan fingerprint density at radius 3 is 2.78 bits per heavy atom. The second kappa shape index (κ2) is 5.41. The van der Waals surface area contributed by atoms with Crippen LogP contribution in [0.2, 0.25) is 0 Å². The lowest BCUT2D eigenvalue weighted by atomic mass is 10.0. The minimum absolute atomic E-state index is 0.0139. The van der Waals surface area contributed by atoms with Gasteiger partial charge in [-0.1, -0.05) is 41.1 Å². The maximum Gasteiger partial charge on any atom is 0.261 e. The SMILES string of the molecule is CCC(C)(CBr)NC(=O)c1cc2ccccc2s1. The van der Waals surface area contributed by atoms with Crippen molar-refractivity contribution in [3.05, 3.63) is 35.2 Å². The highest BCUT2D eigenvalue weighted by molar-refractivity contribution is 9.09. The minimum atomic E-state index is -0.187. The van der Waals surface area contributed by atoms with Crippen LogP contribution < -0.4 is 5.32 Å². The Bertz CT molecular complexity index is 527. The van der Waals surface area contributed by atoms with Gasteiger partial charge in [0, 0.05) is 15.6 Å². The molecule has 4 heteroatoms. The molecule has 2 aromatic rings. The summed E-state index contributed by atoms with van der Waals surface area (Å²) in [6, 6.07) is 10.0. The van der Waals surface area contributed by atoms with Crippen LogP contribution in [0.5, 0.6) is 0 Å². The summed E-state index contributed by atoms with van der Waals surface area (Å²) in [4.78, 5) is 13.0. The molecule has 0 radical (unpaired) electrons. The van der Waals surface area contributed by atoms with Crippen molar-refractivity contribution in [3.8, 4) is 0 Å². The quantitative estimate of drug-likeness (QED) is 0.839. The van der Waals surface area contributed by atoms with E-state index in [-0.39, 0.29) is 11.4 Å². The highest BCUT2D eigenvalue weighted by atomic mass is 79.9. The number of carbonyl (C=O) groups is 1. The summed E-state index contributed by atoms with van der Waals surface area (Å²) in [6.45, 7) is 4.12. The molecule has 1 atom stereocenters. The lowest BCUT2D eigenvalue weighted by Crippen LogP contribution is -2.46. The van der Waals surface area contributed by atoms with Crippen LogP contribution in [0.25, 0.3) is 10.1 Å². The number of benzene rings is 1. The monoisotopic (exact) mass is 325 g/mol. The molecule has 1 amide bonds. The van der Waals surface area contributed by atoms with E-state index < -0.39 is 0 Å². The minimum Gasteiger partial charge on any atom is -0.345 e. The zero-order valence-electron chi connectivity index (χ0n) is 10.5. The number of halogens is 1. The largest absolute Gasteiger partial charge is 0.345 e. The molecule has 1 heterocycles. The van der Waals surface area contributed by atoms with Crippen molar-refractivity contribution in [2.24, 2.45) is 0 Å². The molecule has 0 fully saturated rings. The van der Waals surface area contributed by atoms with Crippen molar-refractivity contribution in [3.63, 3.8) is 0 Å². The smallest absolute Gasteiger partial charge is 0.261 e. The lowest BCUT2D eigenvalue weighted by molar-refractivity contribution is 0.0917. The first-order chi connectivity index (χ1) is 8.58. The lowest BCUT2D eigenvalue weighted by Gasteiger charge is -2.26. The Labute approximate surface area is 120 Å². The average molecular weight is 326 g/mol. The van der Waals surface area contributed by atoms with E-state index in [4.69, 9.17) is 0 Å². The van der Waals surface area contributed by atoms with Gasteiger partial charge in [0.1, 0.15) is 0 Å². The molecule has 0 saturated carbocycles. The molecule has 0 aliphatic carbocycles. The fourth-order valence-corrected chi connectivity index (χ4v) is 3.14. The van der Waals surface area contributed by atoms with E-state index in [0.29, 0.717) is 0 Å². The van der Waals surface area contributed by atoms with Gasteiger partial charge in [0.15, 0.2) is 0 Å². The van der Waals surface area contributed by atoms with Gasteiger partial charge in [-0.25, -0.2) is 0 Å². The molecular weight excluding hydrogens is 310 g/mol. The van der Waals surface area contributed by atoms with E-state index in [9.17, 15) is 4.79 Å². The standard InChI is InChI=1S/C14H16BrNOS/c1-3-14(2,9-15)16-13(17)12-8-10-6-4-5-7-11(10)18-12/h4-8H,3,9H2,1-2H3,(H,16,17). The Kier molecular flexibility index (Phi) is 4.07. The number of rotatable bonds is 4. The van der Waals surface area contributed by atoms with Gasteiger partial charge in [-0.2, -0.15) is 0 Å². The Morgan fingerprint density at radius 2 is 2.17 bits per heavy atom. The molecule has 0 spiro atoms. The zero-order chi connectivity index (χ0) is 13.2. The van der Waals surface area contributed by atoms with Crippen molar-refractivity contribution in [1.82, 2.24) is 5.32 Å². The van der Waals surface area contributed by atoms with Crippen molar-refractivity contribution in [2.45, 2.75) is 25.8 Å². The summed E-state index contributed by atoms with van der Waals surface area (Å²) in [5.41, 5.74) is -0.187. The van der Waals surface area contributed by atoms with Gasteiger partial charge in [0.2, 0.25) is 0 Å². The molecular formula is C14H16BrNOS. The maximum absolute atomic E-state index is 12.2. The molecule has 18 heavy (non-hydrogen) atoms. The summed E-state index contributed by atoms with van der Waals surface area (Å²) in [5, 5.41) is 4.98. The van der Waals surface area contributed by atoms with Crippen molar-refractivity contribution >= 4 is 43.3 Å². The molecule has 0 aliphatic rings. The van der Waals surface area contributed by atoms with E-state index >= 15 is 0 Å². The molecule has 1 aromatic carbocycles. The number of nitrogens with one attached hydrogen (secondary N) is 1. The number of fused-ring (bicyclic) bond motifs is 1. The summed E-state index contributed by atoms with van der Waals surface area (Å²) in [5.74, 6) is 0.0139. The van der Waals surface area contributed by atoms with E-state index in [1.807, 2.05) is 37.3 Å². The summed E-state index contributed by atoms with van der Waals surface area (Å²) in [7, 11) is 0. The molecule has 1 N–H and O–H groups in total. The summed E-state index contributed by atoms with van der Waals surface area (Å²) >= 11 is 5.00. The van der Waals surface area contributed by atoms with Crippen LogP contribution in [-0.2, 0) is 0 Å². The van der Waals surface area contributed by atoms with Crippen LogP contribution in [0.1, 0.15) is 29.9 Å². The van der Waals surface area contributed by atoms with Crippen LogP contribution >= 0.6 is 27.3 Å². The van der Waals surface area contributed by atoms with E-state index in [1.165, 1.54) is 11.3 Å². The topological polar surface area (TPSA) is 29.1 Å². The predicted octanol–water partition coefficient (Wildman–Crippen LogP) is 4.19. The Hall–Kier alpha value is -0.870. The number of amides is 1. The van der Waals surface area contributed by atoms with Gasteiger partial charge in [-0.05, 0) is 30.9 Å². The second-order valence-corrected chi connectivity index (χ2v) is 6.29. The molecule has 1 aromatic heterocycles. The first kappa shape index (κ1) is 13.6. The maximum atomic E-state index is 12.2. The number of thiophene rings is 1. The molecule has 96 valence electrons. The van der Waals surface area contributed by atoms with Gasteiger partial charge < -0.3 is 5.32 Å². The third-order valence-electron chi connectivity index (χ3n) is 3.14. The molecule has 2 nitrogen and oxygen atoms in total. The van der Waals surface area contributed by atoms with Crippen LogP contribution in [0.4, 0.5) is 0 Å². The van der Waals surface area contributed by atoms with Crippen molar-refractivity contribution in [1.29, 1.82) is 0 Å². The van der Waals surface area contributed by atoms with Gasteiger partial charge in [0.25, 0.3) is 5.91 Å². The van der Waals surface area contributed by atoms with Gasteiger partial charge >= 0.3 is 0 Å². The summed E-state index contributed by atoms with van der Waals surface area (Å²) < 4.78 is 1.15. The predicted molar refractivity (Wildman–Crippen MR) is 81.8 cm³/mol. The van der Waals surface area contributed by atoms with Crippen molar-refractivity contribution in [2.75, 3.05) is 5.33 Å². The molecule has 0 aliphatic heterocycles. The second-order valence-electron chi connectivity index (χ2n) is 4.65. The average Bonchev–Trinajstić information content (AvgIpc) is 2.82. The van der Waals surface area contributed by atoms with Crippen LogP contribution in [0.15, 0.2) is 30.3 Å². The molecule has 2 rings (SSSR count). The fraction of sp³-hybridized carbons (Fsp3) is 0.357. The van der Waals surface area contributed by atoms with Crippen LogP contribution in [0.3, 0.4) is 0 Å². The number of carbonyl (C=O) groups excluding carboxylic acids is 1. The van der Waals surface area contributed by atoms with Crippen LogP contribution in [-0.4, -0.2) is 16.8 Å². The summed E-state index contributed by atoms with van der Waals surface area (Å²) in [6.07, 6.45) is 0.898. The fourth-order valence-electron chi connectivity index (χ4n) is 1.65. The first-order valence-corrected chi connectivity index (χ1v) is 7.89. The van der Waals surface area contributed by atoms with Gasteiger partial charge in [0.05, 0.1) is 4.88 Å². The third kappa shape index (κ3) is 2.75. The number of hydrogen-bond acceptors (Lipinski definition) is 2.